The minimum atomic E-state index is -0.464. The highest BCUT2D eigenvalue weighted by atomic mass is 16.5. The van der Waals surface area contributed by atoms with E-state index in [2.05, 4.69) is 0 Å². The minimum Gasteiger partial charge on any atom is -0.457 e. The average molecular weight is 344 g/mol. The van der Waals surface area contributed by atoms with Crippen LogP contribution in [0.25, 0.3) is 21.7 Å². The molecular formula is C22H16O4. The van der Waals surface area contributed by atoms with Gasteiger partial charge in [0, 0.05) is 17.0 Å². The summed E-state index contributed by atoms with van der Waals surface area (Å²) in [5.74, 6) is -0.424. The maximum Gasteiger partial charge on any atom is 0.338 e. The predicted octanol–water partition coefficient (Wildman–Crippen LogP) is 4.61. The molecule has 0 atom stereocenters. The number of ether oxygens (including phenoxy) is 1. The van der Waals surface area contributed by atoms with Crippen LogP contribution in [-0.4, -0.2) is 5.97 Å². The van der Waals surface area contributed by atoms with E-state index >= 15 is 0 Å². The summed E-state index contributed by atoms with van der Waals surface area (Å²) in [4.78, 5) is 24.2. The number of hydrogen-bond acceptors (Lipinski definition) is 4. The third kappa shape index (κ3) is 2.97. The standard InChI is InChI=1S/C22H16O4/c1-14-6-8-16(9-7-14)22(24)25-13-17-12-20(23)26-19-11-10-15-4-2-3-5-18(15)21(17)19/h2-12H,13H2,1H3. The summed E-state index contributed by atoms with van der Waals surface area (Å²) in [5, 5.41) is 2.77. The molecule has 0 bridgehead atoms. The van der Waals surface area contributed by atoms with Crippen LogP contribution in [-0.2, 0) is 11.3 Å². The zero-order chi connectivity index (χ0) is 18.1. The van der Waals surface area contributed by atoms with Crippen LogP contribution in [0.3, 0.4) is 0 Å². The van der Waals surface area contributed by atoms with Gasteiger partial charge in [-0.05, 0) is 35.9 Å². The normalized spacial score (nSPS) is 11.0. The van der Waals surface area contributed by atoms with Crippen LogP contribution in [0.4, 0.5) is 0 Å². The van der Waals surface area contributed by atoms with Crippen molar-refractivity contribution in [1.29, 1.82) is 0 Å². The molecule has 0 fully saturated rings. The van der Waals surface area contributed by atoms with Crippen LogP contribution in [0.15, 0.2) is 75.9 Å². The van der Waals surface area contributed by atoms with E-state index in [1.165, 1.54) is 6.07 Å². The van der Waals surface area contributed by atoms with E-state index in [1.807, 2.05) is 49.4 Å². The zero-order valence-corrected chi connectivity index (χ0v) is 14.2. The summed E-state index contributed by atoms with van der Waals surface area (Å²) in [6, 6.07) is 20.1. The van der Waals surface area contributed by atoms with Crippen LogP contribution >= 0.6 is 0 Å². The molecule has 1 aromatic heterocycles. The van der Waals surface area contributed by atoms with E-state index in [-0.39, 0.29) is 6.61 Å². The predicted molar refractivity (Wildman–Crippen MR) is 100 cm³/mol. The summed E-state index contributed by atoms with van der Waals surface area (Å²) in [5.41, 5.74) is 2.20. The van der Waals surface area contributed by atoms with Gasteiger partial charge in [0.15, 0.2) is 0 Å². The molecule has 4 rings (SSSR count). The molecule has 4 nitrogen and oxygen atoms in total. The molecule has 3 aromatic carbocycles. The van der Waals surface area contributed by atoms with E-state index in [9.17, 15) is 9.59 Å². The molecule has 0 radical (unpaired) electrons. The first-order valence-electron chi connectivity index (χ1n) is 8.30. The molecule has 0 saturated carbocycles. The van der Waals surface area contributed by atoms with Crippen molar-refractivity contribution in [2.24, 2.45) is 0 Å². The second-order valence-electron chi connectivity index (χ2n) is 6.19. The van der Waals surface area contributed by atoms with Crippen molar-refractivity contribution in [3.8, 4) is 0 Å². The van der Waals surface area contributed by atoms with Crippen molar-refractivity contribution in [3.63, 3.8) is 0 Å². The Kier molecular flexibility index (Phi) is 4.01. The van der Waals surface area contributed by atoms with Gasteiger partial charge in [-0.1, -0.05) is 48.0 Å². The SMILES string of the molecule is Cc1ccc(C(=O)OCc2cc(=O)oc3ccc4ccccc4c23)cc1. The molecule has 0 aliphatic heterocycles. The molecule has 0 saturated heterocycles. The van der Waals surface area contributed by atoms with Crippen molar-refractivity contribution in [3.05, 3.63) is 93.8 Å². The Morgan fingerprint density at radius 1 is 1.00 bits per heavy atom. The number of carbonyl (C=O) groups is 1. The van der Waals surface area contributed by atoms with Crippen LogP contribution in [0.2, 0.25) is 0 Å². The van der Waals surface area contributed by atoms with Gasteiger partial charge in [-0.2, -0.15) is 0 Å². The number of esters is 1. The molecule has 128 valence electrons. The van der Waals surface area contributed by atoms with Gasteiger partial charge >= 0.3 is 11.6 Å². The summed E-state index contributed by atoms with van der Waals surface area (Å²) in [6.45, 7) is 1.96. The first-order chi connectivity index (χ1) is 12.6. The lowest BCUT2D eigenvalue weighted by Crippen LogP contribution is -2.08. The molecule has 0 unspecified atom stereocenters. The first kappa shape index (κ1) is 16.1. The Hall–Kier alpha value is -3.40. The maximum atomic E-state index is 12.3. The number of hydrogen-bond donors (Lipinski definition) is 0. The number of fused-ring (bicyclic) bond motifs is 3. The molecule has 0 aliphatic carbocycles. The largest absolute Gasteiger partial charge is 0.457 e. The molecule has 1 heterocycles. The summed E-state index contributed by atoms with van der Waals surface area (Å²) < 4.78 is 10.8. The van der Waals surface area contributed by atoms with Gasteiger partial charge < -0.3 is 9.15 Å². The molecule has 4 aromatic rings. The summed E-state index contributed by atoms with van der Waals surface area (Å²) >= 11 is 0. The van der Waals surface area contributed by atoms with Crippen molar-refractivity contribution in [2.75, 3.05) is 0 Å². The molecule has 0 spiro atoms. The van der Waals surface area contributed by atoms with Gasteiger partial charge in [0.2, 0.25) is 0 Å². The number of benzene rings is 3. The lowest BCUT2D eigenvalue weighted by Gasteiger charge is -2.10. The van der Waals surface area contributed by atoms with Gasteiger partial charge in [-0.25, -0.2) is 9.59 Å². The number of carbonyl (C=O) groups excluding carboxylic acids is 1. The molecule has 26 heavy (non-hydrogen) atoms. The van der Waals surface area contributed by atoms with Crippen molar-refractivity contribution in [2.45, 2.75) is 13.5 Å². The number of aryl methyl sites for hydroxylation is 1. The Labute approximate surface area is 149 Å². The second kappa shape index (κ2) is 6.48. The highest BCUT2D eigenvalue weighted by Gasteiger charge is 2.13. The zero-order valence-electron chi connectivity index (χ0n) is 14.2. The van der Waals surface area contributed by atoms with Crippen molar-refractivity contribution < 1.29 is 13.9 Å². The Morgan fingerprint density at radius 2 is 1.77 bits per heavy atom. The quantitative estimate of drug-likeness (QED) is 0.309. The molecule has 0 aliphatic rings. The molecular weight excluding hydrogens is 328 g/mol. The van der Waals surface area contributed by atoms with Crippen LogP contribution in [0.5, 0.6) is 0 Å². The Morgan fingerprint density at radius 3 is 2.58 bits per heavy atom. The summed E-state index contributed by atoms with van der Waals surface area (Å²) in [7, 11) is 0. The lowest BCUT2D eigenvalue weighted by atomic mass is 10.0. The van der Waals surface area contributed by atoms with E-state index in [1.54, 1.807) is 18.2 Å². The molecule has 0 amide bonds. The first-order valence-corrected chi connectivity index (χ1v) is 8.30. The smallest absolute Gasteiger partial charge is 0.338 e. The summed E-state index contributed by atoms with van der Waals surface area (Å²) in [6.07, 6.45) is 0. The van der Waals surface area contributed by atoms with Crippen LogP contribution in [0, 0.1) is 6.92 Å². The van der Waals surface area contributed by atoms with Crippen molar-refractivity contribution >= 4 is 27.7 Å². The maximum absolute atomic E-state index is 12.3. The lowest BCUT2D eigenvalue weighted by molar-refractivity contribution is 0.0474. The van der Waals surface area contributed by atoms with Crippen molar-refractivity contribution in [1.82, 2.24) is 0 Å². The van der Waals surface area contributed by atoms with Gasteiger partial charge in [0.25, 0.3) is 0 Å². The van der Waals surface area contributed by atoms with E-state index < -0.39 is 11.6 Å². The van der Waals surface area contributed by atoms with E-state index in [4.69, 9.17) is 9.15 Å². The van der Waals surface area contributed by atoms with Gasteiger partial charge in [-0.3, -0.25) is 0 Å². The fourth-order valence-electron chi connectivity index (χ4n) is 3.05. The highest BCUT2D eigenvalue weighted by Crippen LogP contribution is 2.27. The minimum absolute atomic E-state index is 0.00280. The highest BCUT2D eigenvalue weighted by molar-refractivity contribution is 6.07. The average Bonchev–Trinajstić information content (AvgIpc) is 2.66. The molecule has 4 heteroatoms. The van der Waals surface area contributed by atoms with Gasteiger partial charge in [-0.15, -0.1) is 0 Å². The third-order valence-electron chi connectivity index (χ3n) is 4.36. The van der Waals surface area contributed by atoms with Crippen LogP contribution < -0.4 is 5.63 Å². The Bertz CT molecular complexity index is 1170. The fourth-order valence-corrected chi connectivity index (χ4v) is 3.05. The fraction of sp³-hybridized carbons (Fsp3) is 0.0909. The monoisotopic (exact) mass is 344 g/mol. The molecule has 0 N–H and O–H groups in total. The van der Waals surface area contributed by atoms with Crippen LogP contribution in [0.1, 0.15) is 21.5 Å². The van der Waals surface area contributed by atoms with Gasteiger partial charge in [0.1, 0.15) is 12.2 Å². The second-order valence-corrected chi connectivity index (χ2v) is 6.19. The van der Waals surface area contributed by atoms with E-state index in [0.29, 0.717) is 16.7 Å². The Balaban J connectivity index is 1.73. The van der Waals surface area contributed by atoms with E-state index in [0.717, 1.165) is 21.7 Å². The number of rotatable bonds is 3. The third-order valence-corrected chi connectivity index (χ3v) is 4.36. The topological polar surface area (TPSA) is 56.5 Å². The van der Waals surface area contributed by atoms with Gasteiger partial charge in [0.05, 0.1) is 5.56 Å².